The van der Waals surface area contributed by atoms with Crippen LogP contribution in [0.2, 0.25) is 0 Å². The number of fused-ring (bicyclic) bond motifs is 1. The Kier molecular flexibility index (Phi) is 3.47. The predicted molar refractivity (Wildman–Crippen MR) is 81.7 cm³/mol. The van der Waals surface area contributed by atoms with Crippen molar-refractivity contribution in [1.29, 1.82) is 0 Å². The maximum Gasteiger partial charge on any atom is 0.288 e. The first kappa shape index (κ1) is 13.5. The van der Waals surface area contributed by atoms with Crippen molar-refractivity contribution in [3.8, 4) is 5.95 Å². The van der Waals surface area contributed by atoms with Gasteiger partial charge in [0.05, 0.1) is 7.11 Å². The maximum atomic E-state index is 6.00. The molecule has 1 aromatic heterocycles. The van der Waals surface area contributed by atoms with Crippen LogP contribution in [-0.4, -0.2) is 32.1 Å². The van der Waals surface area contributed by atoms with Crippen LogP contribution in [0.5, 0.6) is 5.95 Å². The average Bonchev–Trinajstić information content (AvgIpc) is 2.79. The fourth-order valence-corrected chi connectivity index (χ4v) is 3.38. The molecule has 1 fully saturated rings. The lowest BCUT2D eigenvalue weighted by atomic mass is 9.87. The number of hydrogen-bond acceptors (Lipinski definition) is 3. The molecule has 1 aliphatic rings. The molecule has 1 aliphatic heterocycles. The molecule has 0 aliphatic carbocycles. The fourth-order valence-electron chi connectivity index (χ4n) is 3.38. The number of hydrogen-bond donors (Lipinski definition) is 0. The van der Waals surface area contributed by atoms with E-state index in [1.54, 1.807) is 7.11 Å². The minimum Gasteiger partial charge on any atom is -0.468 e. The molecule has 0 saturated carbocycles. The van der Waals surface area contributed by atoms with E-state index < -0.39 is 0 Å². The van der Waals surface area contributed by atoms with Gasteiger partial charge in [0.1, 0.15) is 5.58 Å². The third kappa shape index (κ3) is 2.10. The zero-order valence-electron chi connectivity index (χ0n) is 12.8. The van der Waals surface area contributed by atoms with Gasteiger partial charge in [0.2, 0.25) is 0 Å². The van der Waals surface area contributed by atoms with E-state index in [9.17, 15) is 0 Å². The van der Waals surface area contributed by atoms with Gasteiger partial charge in [0.25, 0.3) is 5.95 Å². The monoisotopic (exact) mass is 273 g/mol. The molecule has 2 heterocycles. The van der Waals surface area contributed by atoms with Gasteiger partial charge >= 0.3 is 0 Å². The maximum absolute atomic E-state index is 6.00. The molecule has 2 aromatic rings. The van der Waals surface area contributed by atoms with Crippen LogP contribution in [0.4, 0.5) is 0 Å². The van der Waals surface area contributed by atoms with Gasteiger partial charge in [-0.25, -0.2) is 0 Å². The lowest BCUT2D eigenvalue weighted by Gasteiger charge is -2.29. The van der Waals surface area contributed by atoms with Gasteiger partial charge in [-0.15, -0.1) is 0 Å². The van der Waals surface area contributed by atoms with Crippen molar-refractivity contribution in [2.24, 2.45) is 0 Å². The largest absolute Gasteiger partial charge is 0.468 e. The molecule has 0 bridgehead atoms. The van der Waals surface area contributed by atoms with E-state index in [1.165, 1.54) is 29.4 Å². The third-order valence-corrected chi connectivity index (χ3v) is 4.62. The minimum atomic E-state index is 0.601. The standard InChI is InChI=1S/C17H23NO2/c1-11-5-6-14(13-7-9-18(3)10-8-13)16-15(11)12(2)17(19-4)20-16/h5-6,13H,7-10H2,1-4H3. The summed E-state index contributed by atoms with van der Waals surface area (Å²) in [7, 11) is 3.87. The van der Waals surface area contributed by atoms with E-state index in [-0.39, 0.29) is 0 Å². The first-order chi connectivity index (χ1) is 9.61. The SMILES string of the molecule is COc1oc2c(C3CCN(C)CC3)ccc(C)c2c1C. The Morgan fingerprint density at radius 3 is 2.55 bits per heavy atom. The number of rotatable bonds is 2. The van der Waals surface area contributed by atoms with Crippen LogP contribution in [0, 0.1) is 13.8 Å². The fraction of sp³-hybridized carbons (Fsp3) is 0.529. The molecule has 0 amide bonds. The molecule has 3 heteroatoms. The highest BCUT2D eigenvalue weighted by Gasteiger charge is 2.24. The van der Waals surface area contributed by atoms with Crippen molar-refractivity contribution in [2.75, 3.05) is 27.2 Å². The highest BCUT2D eigenvalue weighted by molar-refractivity contribution is 5.89. The number of nitrogens with zero attached hydrogens (tertiary/aromatic N) is 1. The molecule has 3 rings (SSSR count). The van der Waals surface area contributed by atoms with Crippen LogP contribution in [0.15, 0.2) is 16.5 Å². The number of likely N-dealkylation sites (tertiary alicyclic amines) is 1. The average molecular weight is 273 g/mol. The second-order valence-corrected chi connectivity index (χ2v) is 5.97. The number of aryl methyl sites for hydroxylation is 2. The van der Waals surface area contributed by atoms with Crippen LogP contribution in [0.1, 0.15) is 35.4 Å². The van der Waals surface area contributed by atoms with Gasteiger partial charge in [-0.1, -0.05) is 12.1 Å². The molecule has 0 atom stereocenters. The minimum absolute atomic E-state index is 0.601. The van der Waals surface area contributed by atoms with E-state index in [0.717, 1.165) is 24.2 Å². The van der Waals surface area contributed by atoms with Crippen molar-refractivity contribution in [3.63, 3.8) is 0 Å². The van der Waals surface area contributed by atoms with E-state index in [4.69, 9.17) is 9.15 Å². The first-order valence-corrected chi connectivity index (χ1v) is 7.37. The van der Waals surface area contributed by atoms with E-state index in [0.29, 0.717) is 11.9 Å². The third-order valence-electron chi connectivity index (χ3n) is 4.62. The Morgan fingerprint density at radius 2 is 1.90 bits per heavy atom. The van der Waals surface area contributed by atoms with Crippen molar-refractivity contribution in [3.05, 3.63) is 28.8 Å². The van der Waals surface area contributed by atoms with Crippen LogP contribution < -0.4 is 4.74 Å². The predicted octanol–water partition coefficient (Wildman–Crippen LogP) is 3.87. The van der Waals surface area contributed by atoms with Gasteiger partial charge in [-0.3, -0.25) is 0 Å². The van der Waals surface area contributed by atoms with E-state index in [2.05, 4.69) is 37.9 Å². The van der Waals surface area contributed by atoms with Gasteiger partial charge < -0.3 is 14.1 Å². The Balaban J connectivity index is 2.10. The zero-order valence-corrected chi connectivity index (χ0v) is 12.8. The first-order valence-electron chi connectivity index (χ1n) is 7.37. The topological polar surface area (TPSA) is 25.6 Å². The van der Waals surface area contributed by atoms with E-state index in [1.807, 2.05) is 0 Å². The summed E-state index contributed by atoms with van der Waals surface area (Å²) in [6.07, 6.45) is 2.41. The second-order valence-electron chi connectivity index (χ2n) is 5.97. The Bertz CT molecular complexity index is 621. The second kappa shape index (κ2) is 5.13. The Hall–Kier alpha value is -1.48. The van der Waals surface area contributed by atoms with Crippen LogP contribution in [0.3, 0.4) is 0 Å². The highest BCUT2D eigenvalue weighted by Crippen LogP contribution is 2.40. The quantitative estimate of drug-likeness (QED) is 0.830. The molecule has 0 N–H and O–H groups in total. The van der Waals surface area contributed by atoms with Gasteiger partial charge in [-0.2, -0.15) is 0 Å². The number of furan rings is 1. The van der Waals surface area contributed by atoms with Gasteiger partial charge in [0.15, 0.2) is 0 Å². The molecule has 20 heavy (non-hydrogen) atoms. The number of ether oxygens (including phenoxy) is 1. The van der Waals surface area contributed by atoms with Gasteiger partial charge in [0, 0.05) is 10.9 Å². The smallest absolute Gasteiger partial charge is 0.288 e. The van der Waals surface area contributed by atoms with Gasteiger partial charge in [-0.05, 0) is 63.9 Å². The summed E-state index contributed by atoms with van der Waals surface area (Å²) in [6, 6.07) is 4.47. The summed E-state index contributed by atoms with van der Waals surface area (Å²) >= 11 is 0. The summed E-state index contributed by atoms with van der Waals surface area (Å²) in [6.45, 7) is 6.55. The molecule has 0 spiro atoms. The highest BCUT2D eigenvalue weighted by atomic mass is 16.6. The molecular weight excluding hydrogens is 250 g/mol. The summed E-state index contributed by atoms with van der Waals surface area (Å²) in [5.74, 6) is 1.26. The Labute approximate surface area is 120 Å². The lowest BCUT2D eigenvalue weighted by molar-refractivity contribution is 0.254. The molecule has 108 valence electrons. The Morgan fingerprint density at radius 1 is 1.20 bits per heavy atom. The molecular formula is C17H23NO2. The summed E-state index contributed by atoms with van der Waals surface area (Å²) in [5, 5.41) is 1.23. The molecule has 1 saturated heterocycles. The lowest BCUT2D eigenvalue weighted by Crippen LogP contribution is -2.29. The zero-order chi connectivity index (χ0) is 14.3. The summed E-state index contributed by atoms with van der Waals surface area (Å²) in [4.78, 5) is 2.40. The van der Waals surface area contributed by atoms with Crippen molar-refractivity contribution in [1.82, 2.24) is 4.90 Å². The van der Waals surface area contributed by atoms with Crippen LogP contribution in [-0.2, 0) is 0 Å². The van der Waals surface area contributed by atoms with Crippen molar-refractivity contribution in [2.45, 2.75) is 32.6 Å². The normalized spacial score (nSPS) is 17.8. The molecule has 1 aromatic carbocycles. The molecule has 3 nitrogen and oxygen atoms in total. The molecule has 0 radical (unpaired) electrons. The van der Waals surface area contributed by atoms with Crippen molar-refractivity contribution >= 4 is 11.0 Å². The number of benzene rings is 1. The number of piperidine rings is 1. The summed E-state index contributed by atoms with van der Waals surface area (Å²) < 4.78 is 11.4. The van der Waals surface area contributed by atoms with E-state index >= 15 is 0 Å². The summed E-state index contributed by atoms with van der Waals surface area (Å²) in [5.41, 5.74) is 4.77. The van der Waals surface area contributed by atoms with Crippen LogP contribution >= 0.6 is 0 Å². The van der Waals surface area contributed by atoms with Crippen LogP contribution in [0.25, 0.3) is 11.0 Å². The molecule has 0 unspecified atom stereocenters. The van der Waals surface area contributed by atoms with Crippen molar-refractivity contribution < 1.29 is 9.15 Å². The number of methoxy groups -OCH3 is 1.